The van der Waals surface area contributed by atoms with Crippen molar-refractivity contribution in [3.8, 4) is 0 Å². The van der Waals surface area contributed by atoms with Crippen molar-refractivity contribution < 1.29 is 5.11 Å². The maximum absolute atomic E-state index is 11.5. The number of nitrogens with two attached hydrogens (primary N) is 1. The molecule has 0 aliphatic heterocycles. The van der Waals surface area contributed by atoms with Gasteiger partial charge in [-0.2, -0.15) is 5.10 Å². The lowest BCUT2D eigenvalue weighted by Gasteiger charge is -2.12. The van der Waals surface area contributed by atoms with E-state index in [4.69, 9.17) is 5.73 Å². The van der Waals surface area contributed by atoms with Crippen molar-refractivity contribution in [2.75, 3.05) is 6.54 Å². The SMILES string of the molecule is NCC(O)Cn1ncc(=O)c2ccccc21. The van der Waals surface area contributed by atoms with Crippen molar-refractivity contribution in [1.29, 1.82) is 0 Å². The monoisotopic (exact) mass is 219 g/mol. The summed E-state index contributed by atoms with van der Waals surface area (Å²) >= 11 is 0. The molecular formula is C11H13N3O2. The molecule has 2 aromatic rings. The maximum atomic E-state index is 11.5. The van der Waals surface area contributed by atoms with E-state index >= 15 is 0 Å². The molecular weight excluding hydrogens is 206 g/mol. The molecule has 84 valence electrons. The standard InChI is InChI=1S/C11H13N3O2/c12-5-8(15)7-14-10-4-2-1-3-9(10)11(16)6-13-14/h1-4,6,8,15H,5,7,12H2. The molecule has 1 unspecified atom stereocenters. The molecule has 1 heterocycles. The smallest absolute Gasteiger partial charge is 0.207 e. The average molecular weight is 219 g/mol. The van der Waals surface area contributed by atoms with Crippen LogP contribution in [-0.4, -0.2) is 27.5 Å². The van der Waals surface area contributed by atoms with Crippen LogP contribution in [0.1, 0.15) is 0 Å². The van der Waals surface area contributed by atoms with Crippen molar-refractivity contribution in [2.24, 2.45) is 5.73 Å². The molecule has 5 heteroatoms. The molecule has 1 atom stereocenters. The summed E-state index contributed by atoms with van der Waals surface area (Å²) in [7, 11) is 0. The van der Waals surface area contributed by atoms with Gasteiger partial charge in [0.25, 0.3) is 0 Å². The van der Waals surface area contributed by atoms with Gasteiger partial charge in [0.2, 0.25) is 5.43 Å². The van der Waals surface area contributed by atoms with Crippen LogP contribution in [0.15, 0.2) is 35.3 Å². The minimum absolute atomic E-state index is 0.117. The highest BCUT2D eigenvalue weighted by Gasteiger charge is 2.07. The number of aliphatic hydroxyl groups excluding tert-OH is 1. The fourth-order valence-corrected chi connectivity index (χ4v) is 1.58. The van der Waals surface area contributed by atoms with Gasteiger partial charge in [0.05, 0.1) is 24.4 Å². The van der Waals surface area contributed by atoms with Crippen LogP contribution in [0.5, 0.6) is 0 Å². The summed E-state index contributed by atoms with van der Waals surface area (Å²) in [5.74, 6) is 0. The highest BCUT2D eigenvalue weighted by atomic mass is 16.3. The van der Waals surface area contributed by atoms with Gasteiger partial charge < -0.3 is 10.8 Å². The molecule has 5 nitrogen and oxygen atoms in total. The lowest BCUT2D eigenvalue weighted by atomic mass is 10.2. The van der Waals surface area contributed by atoms with E-state index in [1.807, 2.05) is 6.07 Å². The number of aromatic nitrogens is 2. The third-order valence-electron chi connectivity index (χ3n) is 2.42. The van der Waals surface area contributed by atoms with Crippen molar-refractivity contribution >= 4 is 10.9 Å². The van der Waals surface area contributed by atoms with Crippen LogP contribution in [0.4, 0.5) is 0 Å². The molecule has 0 saturated heterocycles. The zero-order valence-electron chi connectivity index (χ0n) is 8.71. The van der Waals surface area contributed by atoms with Gasteiger partial charge in [-0.15, -0.1) is 0 Å². The Kier molecular flexibility index (Phi) is 2.98. The Hall–Kier alpha value is -1.72. The predicted octanol–water partition coefficient (Wildman–Crippen LogP) is -0.284. The number of hydrogen-bond donors (Lipinski definition) is 2. The molecule has 1 aromatic carbocycles. The molecule has 1 aromatic heterocycles. The summed E-state index contributed by atoms with van der Waals surface area (Å²) in [6, 6.07) is 7.17. The molecule has 0 amide bonds. The number of fused-ring (bicyclic) bond motifs is 1. The summed E-state index contributed by atoms with van der Waals surface area (Å²) < 4.78 is 1.59. The first-order valence-electron chi connectivity index (χ1n) is 5.05. The fourth-order valence-electron chi connectivity index (χ4n) is 1.58. The molecule has 3 N–H and O–H groups in total. The Morgan fingerprint density at radius 3 is 2.94 bits per heavy atom. The molecule has 0 radical (unpaired) electrons. The second kappa shape index (κ2) is 4.42. The quantitative estimate of drug-likeness (QED) is 0.743. The normalized spacial score (nSPS) is 12.9. The van der Waals surface area contributed by atoms with E-state index < -0.39 is 6.10 Å². The first-order chi connectivity index (χ1) is 7.72. The van der Waals surface area contributed by atoms with Crippen LogP contribution in [0.25, 0.3) is 10.9 Å². The van der Waals surface area contributed by atoms with Crippen molar-refractivity contribution in [2.45, 2.75) is 12.6 Å². The van der Waals surface area contributed by atoms with Gasteiger partial charge in [0.1, 0.15) is 0 Å². The second-order valence-electron chi connectivity index (χ2n) is 3.60. The second-order valence-corrected chi connectivity index (χ2v) is 3.60. The van der Waals surface area contributed by atoms with Crippen LogP contribution in [0.3, 0.4) is 0 Å². The summed E-state index contributed by atoms with van der Waals surface area (Å²) in [6.07, 6.45) is 0.601. The third kappa shape index (κ3) is 1.95. The number of rotatable bonds is 3. The predicted molar refractivity (Wildman–Crippen MR) is 61.1 cm³/mol. The first kappa shape index (κ1) is 10.8. The van der Waals surface area contributed by atoms with Crippen molar-refractivity contribution in [1.82, 2.24) is 9.78 Å². The lowest BCUT2D eigenvalue weighted by Crippen LogP contribution is -2.27. The Labute approximate surface area is 92.1 Å². The number of nitrogens with zero attached hydrogens (tertiary/aromatic N) is 2. The third-order valence-corrected chi connectivity index (χ3v) is 2.42. The topological polar surface area (TPSA) is 81.1 Å². The highest BCUT2D eigenvalue weighted by molar-refractivity contribution is 5.77. The Morgan fingerprint density at radius 1 is 1.44 bits per heavy atom. The Bertz CT molecular complexity index is 550. The zero-order valence-corrected chi connectivity index (χ0v) is 8.71. The Morgan fingerprint density at radius 2 is 2.19 bits per heavy atom. The van der Waals surface area contributed by atoms with E-state index in [0.717, 1.165) is 0 Å². The van der Waals surface area contributed by atoms with Crippen LogP contribution < -0.4 is 11.2 Å². The van der Waals surface area contributed by atoms with Gasteiger partial charge in [-0.1, -0.05) is 12.1 Å². The number of aliphatic hydroxyl groups is 1. The van der Waals surface area contributed by atoms with Crippen LogP contribution in [0, 0.1) is 0 Å². The van der Waals surface area contributed by atoms with Crippen LogP contribution >= 0.6 is 0 Å². The van der Waals surface area contributed by atoms with Crippen molar-refractivity contribution in [3.05, 3.63) is 40.7 Å². The lowest BCUT2D eigenvalue weighted by molar-refractivity contribution is 0.158. The summed E-state index contributed by atoms with van der Waals surface area (Å²) in [4.78, 5) is 11.5. The summed E-state index contributed by atoms with van der Waals surface area (Å²) in [6.45, 7) is 0.458. The molecule has 0 saturated carbocycles. The minimum atomic E-state index is -0.654. The molecule has 2 rings (SSSR count). The first-order valence-corrected chi connectivity index (χ1v) is 5.05. The fraction of sp³-hybridized carbons (Fsp3) is 0.273. The maximum Gasteiger partial charge on any atom is 0.207 e. The molecule has 0 aliphatic carbocycles. The van der Waals surface area contributed by atoms with E-state index in [0.29, 0.717) is 10.9 Å². The zero-order chi connectivity index (χ0) is 11.5. The van der Waals surface area contributed by atoms with Gasteiger partial charge in [0.15, 0.2) is 0 Å². The summed E-state index contributed by atoms with van der Waals surface area (Å²) in [5.41, 5.74) is 5.94. The average Bonchev–Trinajstić information content (AvgIpc) is 2.33. The van der Waals surface area contributed by atoms with E-state index in [1.54, 1.807) is 22.9 Å². The molecule has 0 aliphatic rings. The van der Waals surface area contributed by atoms with E-state index in [9.17, 15) is 9.90 Å². The van der Waals surface area contributed by atoms with Crippen LogP contribution in [-0.2, 0) is 6.54 Å². The molecule has 16 heavy (non-hydrogen) atoms. The highest BCUT2D eigenvalue weighted by Crippen LogP contribution is 2.08. The number of hydrogen-bond acceptors (Lipinski definition) is 4. The van der Waals surface area contributed by atoms with Gasteiger partial charge in [-0.25, -0.2) is 0 Å². The largest absolute Gasteiger partial charge is 0.390 e. The van der Waals surface area contributed by atoms with Crippen LogP contribution in [0.2, 0.25) is 0 Å². The number of benzene rings is 1. The van der Waals surface area contributed by atoms with Gasteiger partial charge >= 0.3 is 0 Å². The van der Waals surface area contributed by atoms with Gasteiger partial charge in [-0.05, 0) is 12.1 Å². The number of para-hydroxylation sites is 1. The Balaban J connectivity index is 2.54. The van der Waals surface area contributed by atoms with E-state index in [1.165, 1.54) is 6.20 Å². The summed E-state index contributed by atoms with van der Waals surface area (Å²) in [5, 5.41) is 14.1. The van der Waals surface area contributed by atoms with E-state index in [2.05, 4.69) is 5.10 Å². The van der Waals surface area contributed by atoms with E-state index in [-0.39, 0.29) is 18.5 Å². The van der Waals surface area contributed by atoms with Crippen molar-refractivity contribution in [3.63, 3.8) is 0 Å². The molecule has 0 bridgehead atoms. The minimum Gasteiger partial charge on any atom is -0.390 e. The van der Waals surface area contributed by atoms with Gasteiger partial charge in [0, 0.05) is 11.9 Å². The molecule has 0 spiro atoms. The molecule has 0 fully saturated rings. The van der Waals surface area contributed by atoms with Gasteiger partial charge in [-0.3, -0.25) is 9.48 Å².